The van der Waals surface area contributed by atoms with Crippen LogP contribution in [0, 0.1) is 0 Å². The molecule has 0 fully saturated rings. The Balaban J connectivity index is 2.24. The lowest BCUT2D eigenvalue weighted by Gasteiger charge is -2.31. The quantitative estimate of drug-likeness (QED) is 0.466. The molecule has 0 bridgehead atoms. The highest BCUT2D eigenvalue weighted by Crippen LogP contribution is 2.24. The van der Waals surface area contributed by atoms with E-state index in [1.807, 2.05) is 20.8 Å². The SMILES string of the molecule is CC[C@@H](C)NC(=O)[C@H](CC)N(Cc1ccc(Cl)c(Cl)c1)C(=O)COc1cccc(Cl)c1. The lowest BCUT2D eigenvalue weighted by Crippen LogP contribution is -2.51. The van der Waals surface area contributed by atoms with Crippen LogP contribution >= 0.6 is 34.8 Å². The highest BCUT2D eigenvalue weighted by Gasteiger charge is 2.29. The van der Waals surface area contributed by atoms with Crippen molar-refractivity contribution in [1.29, 1.82) is 0 Å². The molecule has 0 aromatic heterocycles. The van der Waals surface area contributed by atoms with Gasteiger partial charge in [-0.3, -0.25) is 9.59 Å². The number of nitrogens with zero attached hydrogens (tertiary/aromatic N) is 1. The molecule has 0 radical (unpaired) electrons. The molecule has 168 valence electrons. The average Bonchev–Trinajstić information content (AvgIpc) is 2.74. The molecule has 2 atom stereocenters. The van der Waals surface area contributed by atoms with Crippen LogP contribution in [-0.2, 0) is 16.1 Å². The van der Waals surface area contributed by atoms with E-state index in [4.69, 9.17) is 39.5 Å². The summed E-state index contributed by atoms with van der Waals surface area (Å²) in [5.41, 5.74) is 0.764. The zero-order valence-electron chi connectivity index (χ0n) is 17.8. The third kappa shape index (κ3) is 7.60. The van der Waals surface area contributed by atoms with E-state index in [-0.39, 0.29) is 31.0 Å². The zero-order chi connectivity index (χ0) is 23.0. The minimum absolute atomic E-state index is 0.00573. The summed E-state index contributed by atoms with van der Waals surface area (Å²) >= 11 is 18.1. The van der Waals surface area contributed by atoms with Crippen molar-refractivity contribution >= 4 is 46.6 Å². The van der Waals surface area contributed by atoms with Gasteiger partial charge in [0.2, 0.25) is 5.91 Å². The maximum absolute atomic E-state index is 13.1. The Labute approximate surface area is 198 Å². The van der Waals surface area contributed by atoms with E-state index in [1.165, 1.54) is 4.90 Å². The molecule has 1 N–H and O–H groups in total. The van der Waals surface area contributed by atoms with Crippen LogP contribution in [0.5, 0.6) is 5.75 Å². The van der Waals surface area contributed by atoms with Gasteiger partial charge in [0.1, 0.15) is 11.8 Å². The van der Waals surface area contributed by atoms with Crippen molar-refractivity contribution in [2.75, 3.05) is 6.61 Å². The first-order valence-electron chi connectivity index (χ1n) is 10.2. The van der Waals surface area contributed by atoms with E-state index in [0.29, 0.717) is 27.2 Å². The van der Waals surface area contributed by atoms with Crippen molar-refractivity contribution in [3.05, 3.63) is 63.1 Å². The van der Waals surface area contributed by atoms with Crippen molar-refractivity contribution < 1.29 is 14.3 Å². The van der Waals surface area contributed by atoms with Crippen molar-refractivity contribution in [2.24, 2.45) is 0 Å². The summed E-state index contributed by atoms with van der Waals surface area (Å²) < 4.78 is 5.63. The monoisotopic (exact) mass is 484 g/mol. The molecule has 0 heterocycles. The van der Waals surface area contributed by atoms with Crippen LogP contribution in [0.4, 0.5) is 0 Å². The maximum atomic E-state index is 13.1. The maximum Gasteiger partial charge on any atom is 0.261 e. The van der Waals surface area contributed by atoms with Gasteiger partial charge < -0.3 is 15.0 Å². The lowest BCUT2D eigenvalue weighted by molar-refractivity contribution is -0.143. The standard InChI is InChI=1S/C23H27Cl3N2O3/c1-4-15(3)27-23(30)21(5-2)28(13-16-9-10-19(25)20(26)11-16)22(29)14-31-18-8-6-7-17(24)12-18/h6-12,15,21H,4-5,13-14H2,1-3H3,(H,27,30)/t15-,21+/m1/s1. The van der Waals surface area contributed by atoms with Crippen molar-refractivity contribution in [3.63, 3.8) is 0 Å². The van der Waals surface area contributed by atoms with Gasteiger partial charge in [0.05, 0.1) is 10.0 Å². The van der Waals surface area contributed by atoms with Crippen LogP contribution in [0.3, 0.4) is 0 Å². The molecule has 2 rings (SSSR count). The van der Waals surface area contributed by atoms with Crippen LogP contribution in [0.25, 0.3) is 0 Å². The molecule has 0 aliphatic heterocycles. The molecule has 2 aromatic rings. The summed E-state index contributed by atoms with van der Waals surface area (Å²) in [6, 6.07) is 11.3. The minimum atomic E-state index is -0.654. The van der Waals surface area contributed by atoms with E-state index in [0.717, 1.165) is 12.0 Å². The Morgan fingerprint density at radius 2 is 1.77 bits per heavy atom. The molecule has 2 amide bonds. The van der Waals surface area contributed by atoms with E-state index >= 15 is 0 Å². The smallest absolute Gasteiger partial charge is 0.261 e. The van der Waals surface area contributed by atoms with E-state index in [9.17, 15) is 9.59 Å². The largest absolute Gasteiger partial charge is 0.484 e. The lowest BCUT2D eigenvalue weighted by atomic mass is 10.1. The highest BCUT2D eigenvalue weighted by atomic mass is 35.5. The first kappa shape index (κ1) is 25.3. The number of ether oxygens (including phenoxy) is 1. The average molecular weight is 486 g/mol. The molecule has 31 heavy (non-hydrogen) atoms. The summed E-state index contributed by atoms with van der Waals surface area (Å²) in [5.74, 6) is -0.0438. The van der Waals surface area contributed by atoms with E-state index in [2.05, 4.69) is 5.32 Å². The van der Waals surface area contributed by atoms with Gasteiger partial charge in [0.25, 0.3) is 5.91 Å². The molecular formula is C23H27Cl3N2O3. The molecule has 0 saturated carbocycles. The number of carbonyl (C=O) groups excluding carboxylic acids is 2. The molecule has 0 spiro atoms. The van der Waals surface area contributed by atoms with Gasteiger partial charge in [-0.1, -0.05) is 60.8 Å². The molecular weight excluding hydrogens is 459 g/mol. The Bertz CT molecular complexity index is 907. The second kappa shape index (κ2) is 12.2. The topological polar surface area (TPSA) is 58.6 Å². The fourth-order valence-electron chi connectivity index (χ4n) is 2.98. The van der Waals surface area contributed by atoms with Gasteiger partial charge in [0, 0.05) is 17.6 Å². The van der Waals surface area contributed by atoms with Gasteiger partial charge in [-0.2, -0.15) is 0 Å². The van der Waals surface area contributed by atoms with Gasteiger partial charge in [-0.25, -0.2) is 0 Å². The molecule has 2 aromatic carbocycles. The number of benzene rings is 2. The normalized spacial score (nSPS) is 12.7. The van der Waals surface area contributed by atoms with Gasteiger partial charge >= 0.3 is 0 Å². The summed E-state index contributed by atoms with van der Waals surface area (Å²) in [6.45, 7) is 5.75. The first-order valence-corrected chi connectivity index (χ1v) is 11.3. The fraction of sp³-hybridized carbons (Fsp3) is 0.391. The van der Waals surface area contributed by atoms with Gasteiger partial charge in [0.15, 0.2) is 6.61 Å². The zero-order valence-corrected chi connectivity index (χ0v) is 20.1. The predicted molar refractivity (Wildman–Crippen MR) is 126 cm³/mol. The fourth-order valence-corrected chi connectivity index (χ4v) is 3.48. The van der Waals surface area contributed by atoms with E-state index in [1.54, 1.807) is 42.5 Å². The van der Waals surface area contributed by atoms with Crippen LogP contribution in [0.15, 0.2) is 42.5 Å². The van der Waals surface area contributed by atoms with Gasteiger partial charge in [-0.05, 0) is 55.7 Å². The predicted octanol–water partition coefficient (Wildman–Crippen LogP) is 5.75. The summed E-state index contributed by atoms with van der Waals surface area (Å²) in [5, 5.41) is 4.29. The van der Waals surface area contributed by atoms with Crippen LogP contribution in [0.1, 0.15) is 39.2 Å². The number of nitrogens with one attached hydrogen (secondary N) is 1. The van der Waals surface area contributed by atoms with Crippen molar-refractivity contribution in [2.45, 2.75) is 52.2 Å². The number of amides is 2. The molecule has 0 aliphatic rings. The van der Waals surface area contributed by atoms with Gasteiger partial charge in [-0.15, -0.1) is 0 Å². The third-order valence-electron chi connectivity index (χ3n) is 4.88. The van der Waals surface area contributed by atoms with Crippen molar-refractivity contribution in [1.82, 2.24) is 10.2 Å². The Morgan fingerprint density at radius 3 is 2.39 bits per heavy atom. The molecule has 0 saturated heterocycles. The number of hydrogen-bond donors (Lipinski definition) is 1. The summed E-state index contributed by atoms with van der Waals surface area (Å²) in [6.07, 6.45) is 1.24. The highest BCUT2D eigenvalue weighted by molar-refractivity contribution is 6.42. The Hall–Kier alpha value is -1.95. The summed E-state index contributed by atoms with van der Waals surface area (Å²) in [4.78, 5) is 27.6. The molecule has 0 unspecified atom stereocenters. The Morgan fingerprint density at radius 1 is 1.03 bits per heavy atom. The molecule has 5 nitrogen and oxygen atoms in total. The van der Waals surface area contributed by atoms with E-state index < -0.39 is 6.04 Å². The second-order valence-electron chi connectivity index (χ2n) is 7.26. The molecule has 0 aliphatic carbocycles. The second-order valence-corrected chi connectivity index (χ2v) is 8.51. The first-order chi connectivity index (χ1) is 14.7. The van der Waals surface area contributed by atoms with Crippen LogP contribution in [0.2, 0.25) is 15.1 Å². The number of rotatable bonds is 10. The Kier molecular flexibility index (Phi) is 9.94. The van der Waals surface area contributed by atoms with Crippen LogP contribution in [-0.4, -0.2) is 35.4 Å². The minimum Gasteiger partial charge on any atom is -0.484 e. The number of carbonyl (C=O) groups is 2. The van der Waals surface area contributed by atoms with Crippen LogP contribution < -0.4 is 10.1 Å². The third-order valence-corrected chi connectivity index (χ3v) is 5.86. The van der Waals surface area contributed by atoms with Crippen molar-refractivity contribution in [3.8, 4) is 5.75 Å². The molecule has 8 heteroatoms. The number of halogens is 3. The number of hydrogen-bond acceptors (Lipinski definition) is 3. The summed E-state index contributed by atoms with van der Waals surface area (Å²) in [7, 11) is 0.